The summed E-state index contributed by atoms with van der Waals surface area (Å²) in [5.41, 5.74) is 5.65. The van der Waals surface area contributed by atoms with Crippen LogP contribution in [0.4, 0.5) is 0 Å². The molecule has 0 aromatic heterocycles. The number of Topliss-reactive ketones (excluding diaryl/α,β-unsaturated/α-hetero) is 1. The van der Waals surface area contributed by atoms with E-state index in [9.17, 15) is 9.59 Å². The monoisotopic (exact) mass is 316 g/mol. The van der Waals surface area contributed by atoms with E-state index in [2.05, 4.69) is 0 Å². The summed E-state index contributed by atoms with van der Waals surface area (Å²) < 4.78 is 5.20. The van der Waals surface area contributed by atoms with Gasteiger partial charge in [0, 0.05) is 17.1 Å². The van der Waals surface area contributed by atoms with Gasteiger partial charge in [-0.25, -0.2) is 0 Å². The van der Waals surface area contributed by atoms with Crippen LogP contribution in [0.1, 0.15) is 10.4 Å². The molecule has 1 aliphatic heterocycles. The topological polar surface area (TPSA) is 72.6 Å². The number of carbonyl (C=O) groups is 2. The van der Waals surface area contributed by atoms with Crippen molar-refractivity contribution in [2.24, 2.45) is 5.73 Å². The van der Waals surface area contributed by atoms with E-state index in [1.54, 1.807) is 17.0 Å². The van der Waals surface area contributed by atoms with E-state index in [0.29, 0.717) is 28.8 Å². The number of hydrogen-bond acceptors (Lipinski definition) is 4. The van der Waals surface area contributed by atoms with E-state index in [1.165, 1.54) is 6.07 Å². The predicted molar refractivity (Wildman–Crippen MR) is 76.2 cm³/mol. The highest BCUT2D eigenvalue weighted by Crippen LogP contribution is 2.21. The van der Waals surface area contributed by atoms with Crippen molar-refractivity contribution in [3.63, 3.8) is 0 Å². The maximum absolute atomic E-state index is 12.3. The summed E-state index contributed by atoms with van der Waals surface area (Å²) in [6, 6.07) is 4.11. The first kappa shape index (κ1) is 15.3. The van der Waals surface area contributed by atoms with Gasteiger partial charge in [0.15, 0.2) is 5.78 Å². The third kappa shape index (κ3) is 3.49. The lowest BCUT2D eigenvalue weighted by molar-refractivity contribution is -0.128. The first-order chi connectivity index (χ1) is 9.49. The maximum atomic E-state index is 12.3. The Balaban J connectivity index is 2.13. The summed E-state index contributed by atoms with van der Waals surface area (Å²) >= 11 is 11.9. The lowest BCUT2D eigenvalue weighted by Gasteiger charge is -2.32. The third-order valence-corrected chi connectivity index (χ3v) is 3.71. The number of ketones is 1. The summed E-state index contributed by atoms with van der Waals surface area (Å²) in [6.45, 7) is 1.18. The van der Waals surface area contributed by atoms with Gasteiger partial charge in [-0.05, 0) is 18.2 Å². The van der Waals surface area contributed by atoms with Crippen LogP contribution in [0, 0.1) is 0 Å². The van der Waals surface area contributed by atoms with Crippen LogP contribution in [-0.2, 0) is 9.53 Å². The van der Waals surface area contributed by atoms with Crippen LogP contribution in [0.3, 0.4) is 0 Å². The van der Waals surface area contributed by atoms with E-state index < -0.39 is 11.9 Å². The van der Waals surface area contributed by atoms with E-state index in [1.807, 2.05) is 0 Å². The van der Waals surface area contributed by atoms with E-state index >= 15 is 0 Å². The molecule has 0 bridgehead atoms. The van der Waals surface area contributed by atoms with Crippen molar-refractivity contribution in [2.75, 3.05) is 26.3 Å². The molecule has 0 radical (unpaired) electrons. The Morgan fingerprint density at radius 3 is 2.85 bits per heavy atom. The Kier molecular flexibility index (Phi) is 4.99. The van der Waals surface area contributed by atoms with Crippen molar-refractivity contribution in [1.29, 1.82) is 0 Å². The molecule has 0 spiro atoms. The Morgan fingerprint density at radius 1 is 1.40 bits per heavy atom. The summed E-state index contributed by atoms with van der Waals surface area (Å²) in [5.74, 6) is -0.708. The first-order valence-corrected chi connectivity index (χ1v) is 6.84. The Bertz CT molecular complexity index is 536. The van der Waals surface area contributed by atoms with Crippen LogP contribution in [0.25, 0.3) is 0 Å². The quantitative estimate of drug-likeness (QED) is 0.851. The van der Waals surface area contributed by atoms with Crippen molar-refractivity contribution < 1.29 is 14.3 Å². The highest BCUT2D eigenvalue weighted by Gasteiger charge is 2.29. The average Bonchev–Trinajstić information content (AvgIpc) is 2.41. The molecule has 1 saturated heterocycles. The molecule has 2 N–H and O–H groups in total. The van der Waals surface area contributed by atoms with Gasteiger partial charge < -0.3 is 10.5 Å². The number of halogens is 2. The fraction of sp³-hybridized carbons (Fsp3) is 0.385. The minimum absolute atomic E-state index is 0.0526. The number of rotatable bonds is 4. The number of carbonyl (C=O) groups excluding carboxylic acids is 2. The van der Waals surface area contributed by atoms with Crippen molar-refractivity contribution in [3.05, 3.63) is 33.8 Å². The fourth-order valence-electron chi connectivity index (χ4n) is 2.07. The van der Waals surface area contributed by atoms with Crippen LogP contribution in [-0.4, -0.2) is 48.9 Å². The van der Waals surface area contributed by atoms with Gasteiger partial charge in [-0.15, -0.1) is 0 Å². The molecule has 2 rings (SSSR count). The molecule has 1 aliphatic rings. The smallest absolute Gasteiger partial charge is 0.237 e. The van der Waals surface area contributed by atoms with Crippen LogP contribution in [0.2, 0.25) is 10.0 Å². The number of primary amides is 1. The largest absolute Gasteiger partial charge is 0.378 e. The van der Waals surface area contributed by atoms with Crippen LogP contribution >= 0.6 is 23.2 Å². The Labute approximate surface area is 126 Å². The zero-order valence-corrected chi connectivity index (χ0v) is 12.2. The molecule has 1 heterocycles. The summed E-state index contributed by atoms with van der Waals surface area (Å²) in [7, 11) is 0. The molecule has 1 atom stereocenters. The average molecular weight is 317 g/mol. The van der Waals surface area contributed by atoms with E-state index in [-0.39, 0.29) is 18.9 Å². The summed E-state index contributed by atoms with van der Waals surface area (Å²) in [4.78, 5) is 25.3. The number of ether oxygens (including phenoxy) is 1. The second-order valence-corrected chi connectivity index (χ2v) is 5.35. The van der Waals surface area contributed by atoms with Gasteiger partial charge in [0.1, 0.15) is 6.04 Å². The van der Waals surface area contributed by atoms with Crippen LogP contribution in [0.15, 0.2) is 18.2 Å². The SMILES string of the molecule is NC(=O)C1COCCN1CC(=O)c1cc(Cl)ccc1Cl. The van der Waals surface area contributed by atoms with Crippen LogP contribution < -0.4 is 5.73 Å². The van der Waals surface area contributed by atoms with Gasteiger partial charge >= 0.3 is 0 Å². The number of benzene rings is 1. The number of nitrogens with zero attached hydrogens (tertiary/aromatic N) is 1. The fourth-order valence-corrected chi connectivity index (χ4v) is 2.47. The van der Waals surface area contributed by atoms with Gasteiger partial charge in [-0.1, -0.05) is 23.2 Å². The normalized spacial score (nSPS) is 19.8. The summed E-state index contributed by atoms with van der Waals surface area (Å²) in [5, 5.41) is 0.773. The number of amides is 1. The van der Waals surface area contributed by atoms with Gasteiger partial charge in [0.2, 0.25) is 5.91 Å². The molecule has 5 nitrogen and oxygen atoms in total. The summed E-state index contributed by atoms with van der Waals surface area (Å²) in [6.07, 6.45) is 0. The molecule has 20 heavy (non-hydrogen) atoms. The molecule has 108 valence electrons. The second kappa shape index (κ2) is 6.54. The maximum Gasteiger partial charge on any atom is 0.237 e. The minimum Gasteiger partial charge on any atom is -0.378 e. The van der Waals surface area contributed by atoms with Crippen molar-refractivity contribution >= 4 is 34.9 Å². The molecule has 1 aromatic rings. The number of hydrogen-bond donors (Lipinski definition) is 1. The van der Waals surface area contributed by atoms with Gasteiger partial charge in [-0.3, -0.25) is 14.5 Å². The van der Waals surface area contributed by atoms with Crippen molar-refractivity contribution in [2.45, 2.75) is 6.04 Å². The molecule has 0 saturated carbocycles. The highest BCUT2D eigenvalue weighted by molar-refractivity contribution is 6.36. The van der Waals surface area contributed by atoms with Gasteiger partial charge in [-0.2, -0.15) is 0 Å². The van der Waals surface area contributed by atoms with E-state index in [4.69, 9.17) is 33.7 Å². The lowest BCUT2D eigenvalue weighted by atomic mass is 10.1. The molecule has 0 aliphatic carbocycles. The third-order valence-electron chi connectivity index (χ3n) is 3.14. The molecule has 1 unspecified atom stereocenters. The second-order valence-electron chi connectivity index (χ2n) is 4.51. The minimum atomic E-state index is -0.592. The van der Waals surface area contributed by atoms with Gasteiger partial charge in [0.05, 0.1) is 24.8 Å². The number of nitrogens with two attached hydrogens (primary N) is 1. The molecule has 1 aromatic carbocycles. The van der Waals surface area contributed by atoms with Gasteiger partial charge in [0.25, 0.3) is 0 Å². The number of morpholine rings is 1. The Hall–Kier alpha value is -1.14. The molecule has 1 fully saturated rings. The first-order valence-electron chi connectivity index (χ1n) is 6.08. The zero-order chi connectivity index (χ0) is 14.7. The van der Waals surface area contributed by atoms with E-state index in [0.717, 1.165) is 0 Å². The van der Waals surface area contributed by atoms with Crippen LogP contribution in [0.5, 0.6) is 0 Å². The highest BCUT2D eigenvalue weighted by atomic mass is 35.5. The molecule has 7 heteroatoms. The standard InChI is InChI=1S/C13H14Cl2N2O3/c14-8-1-2-10(15)9(5-8)12(18)6-17-3-4-20-7-11(17)13(16)19/h1-2,5,11H,3-4,6-7H2,(H2,16,19). The van der Waals surface area contributed by atoms with Crippen molar-refractivity contribution in [1.82, 2.24) is 4.90 Å². The molecule has 1 amide bonds. The Morgan fingerprint density at radius 2 is 2.15 bits per heavy atom. The molecular formula is C13H14Cl2N2O3. The van der Waals surface area contributed by atoms with Crippen molar-refractivity contribution in [3.8, 4) is 0 Å². The lowest BCUT2D eigenvalue weighted by Crippen LogP contribution is -2.53. The molecular weight excluding hydrogens is 303 g/mol. The zero-order valence-electron chi connectivity index (χ0n) is 10.6. The predicted octanol–water partition coefficient (Wildman–Crippen LogP) is 1.36.